The molecule has 0 aliphatic rings. The van der Waals surface area contributed by atoms with Crippen molar-refractivity contribution in [3.8, 4) is 11.3 Å². The van der Waals surface area contributed by atoms with E-state index in [9.17, 15) is 0 Å². The Kier molecular flexibility index (Phi) is 3.67. The average molecular weight is 293 g/mol. The maximum absolute atomic E-state index is 4.30. The molecule has 3 heteroatoms. The average Bonchev–Trinajstić information content (AvgIpc) is 2.60. The van der Waals surface area contributed by atoms with Gasteiger partial charge >= 0.3 is 0 Å². The zero-order valence-electron chi connectivity index (χ0n) is 10.4. The van der Waals surface area contributed by atoms with Crippen LogP contribution in [0.4, 0.5) is 0 Å². The van der Waals surface area contributed by atoms with Crippen molar-refractivity contribution >= 4 is 15.9 Å². The third-order valence-electron chi connectivity index (χ3n) is 2.74. The molecule has 1 heterocycles. The van der Waals surface area contributed by atoms with Crippen molar-refractivity contribution in [2.24, 2.45) is 5.92 Å². The Morgan fingerprint density at radius 3 is 2.35 bits per heavy atom. The summed E-state index contributed by atoms with van der Waals surface area (Å²) in [6, 6.07) is 8.65. The van der Waals surface area contributed by atoms with Gasteiger partial charge in [0.05, 0.1) is 4.47 Å². The molecule has 0 atom stereocenters. The molecule has 17 heavy (non-hydrogen) atoms. The second-order valence-corrected chi connectivity index (χ2v) is 5.60. The molecule has 0 fully saturated rings. The van der Waals surface area contributed by atoms with E-state index in [-0.39, 0.29) is 0 Å². The summed E-state index contributed by atoms with van der Waals surface area (Å²) in [5.74, 6) is 0.695. The van der Waals surface area contributed by atoms with Gasteiger partial charge in [0, 0.05) is 11.3 Å². The van der Waals surface area contributed by atoms with Crippen LogP contribution in [0.5, 0.6) is 0 Å². The molecule has 0 spiro atoms. The lowest BCUT2D eigenvalue weighted by Gasteiger charge is -2.05. The number of aromatic nitrogens is 2. The molecule has 1 N–H and O–H groups in total. The van der Waals surface area contributed by atoms with E-state index in [2.05, 4.69) is 64.2 Å². The number of rotatable bonds is 3. The molecule has 0 radical (unpaired) electrons. The first kappa shape index (κ1) is 12.4. The SMILES string of the molecule is Cc1[nH]nc(-c2ccc(CC(C)C)cc2)c1Br. The van der Waals surface area contributed by atoms with Gasteiger partial charge in [-0.15, -0.1) is 0 Å². The molecule has 2 nitrogen and oxygen atoms in total. The first-order chi connectivity index (χ1) is 8.08. The van der Waals surface area contributed by atoms with Crippen LogP contribution in [0.25, 0.3) is 11.3 Å². The molecular weight excluding hydrogens is 276 g/mol. The van der Waals surface area contributed by atoms with Crippen molar-refractivity contribution in [2.45, 2.75) is 27.2 Å². The van der Waals surface area contributed by atoms with E-state index in [0.29, 0.717) is 5.92 Å². The summed E-state index contributed by atoms with van der Waals surface area (Å²) in [7, 11) is 0. The van der Waals surface area contributed by atoms with Crippen molar-refractivity contribution in [2.75, 3.05) is 0 Å². The van der Waals surface area contributed by atoms with E-state index in [4.69, 9.17) is 0 Å². The minimum Gasteiger partial charge on any atom is -0.281 e. The minimum atomic E-state index is 0.695. The molecular formula is C14H17BrN2. The second-order valence-electron chi connectivity index (χ2n) is 4.81. The molecule has 0 saturated heterocycles. The molecule has 2 rings (SSSR count). The highest BCUT2D eigenvalue weighted by Crippen LogP contribution is 2.28. The number of halogens is 1. The van der Waals surface area contributed by atoms with Crippen molar-refractivity contribution in [1.82, 2.24) is 10.2 Å². The molecule has 90 valence electrons. The lowest BCUT2D eigenvalue weighted by Crippen LogP contribution is -1.93. The van der Waals surface area contributed by atoms with Gasteiger partial charge < -0.3 is 0 Å². The fourth-order valence-electron chi connectivity index (χ4n) is 1.88. The van der Waals surface area contributed by atoms with Gasteiger partial charge in [0.1, 0.15) is 5.69 Å². The Morgan fingerprint density at radius 1 is 1.24 bits per heavy atom. The highest BCUT2D eigenvalue weighted by atomic mass is 79.9. The second kappa shape index (κ2) is 5.05. The first-order valence-electron chi connectivity index (χ1n) is 5.87. The highest BCUT2D eigenvalue weighted by Gasteiger charge is 2.09. The van der Waals surface area contributed by atoms with Crippen molar-refractivity contribution < 1.29 is 0 Å². The Bertz CT molecular complexity index is 497. The predicted octanol–water partition coefficient (Wildman–Crippen LogP) is 4.35. The normalized spacial score (nSPS) is 11.1. The van der Waals surface area contributed by atoms with E-state index in [1.807, 2.05) is 6.92 Å². The number of benzene rings is 1. The molecule has 0 saturated carbocycles. The molecule has 0 bridgehead atoms. The molecule has 0 aliphatic heterocycles. The quantitative estimate of drug-likeness (QED) is 0.895. The van der Waals surface area contributed by atoms with Crippen molar-refractivity contribution in [3.63, 3.8) is 0 Å². The van der Waals surface area contributed by atoms with Crippen LogP contribution in [0, 0.1) is 12.8 Å². The van der Waals surface area contributed by atoms with Gasteiger partial charge in [-0.05, 0) is 40.8 Å². The predicted molar refractivity (Wildman–Crippen MR) is 75.0 cm³/mol. The number of nitrogens with one attached hydrogen (secondary N) is 1. The van der Waals surface area contributed by atoms with Crippen LogP contribution in [0.15, 0.2) is 28.7 Å². The van der Waals surface area contributed by atoms with Gasteiger partial charge in [-0.25, -0.2) is 0 Å². The number of hydrogen-bond donors (Lipinski definition) is 1. The van der Waals surface area contributed by atoms with Crippen molar-refractivity contribution in [3.05, 3.63) is 40.0 Å². The summed E-state index contributed by atoms with van der Waals surface area (Å²) in [5, 5.41) is 7.29. The summed E-state index contributed by atoms with van der Waals surface area (Å²) in [6.07, 6.45) is 1.13. The number of H-pyrrole nitrogens is 1. The molecule has 0 aliphatic carbocycles. The Labute approximate surface area is 111 Å². The third-order valence-corrected chi connectivity index (χ3v) is 3.71. The maximum Gasteiger partial charge on any atom is 0.107 e. The first-order valence-corrected chi connectivity index (χ1v) is 6.67. The highest BCUT2D eigenvalue weighted by molar-refractivity contribution is 9.10. The van der Waals surface area contributed by atoms with E-state index in [1.54, 1.807) is 0 Å². The van der Waals surface area contributed by atoms with Gasteiger partial charge in [-0.1, -0.05) is 38.1 Å². The van der Waals surface area contributed by atoms with E-state index in [0.717, 1.165) is 27.8 Å². The van der Waals surface area contributed by atoms with Gasteiger partial charge in [0.15, 0.2) is 0 Å². The van der Waals surface area contributed by atoms with Gasteiger partial charge in [0.25, 0.3) is 0 Å². The lowest BCUT2D eigenvalue weighted by molar-refractivity contribution is 0.647. The topological polar surface area (TPSA) is 28.7 Å². The van der Waals surface area contributed by atoms with Crippen LogP contribution in [0.1, 0.15) is 25.1 Å². The van der Waals surface area contributed by atoms with Crippen LogP contribution >= 0.6 is 15.9 Å². The van der Waals surface area contributed by atoms with Crippen LogP contribution < -0.4 is 0 Å². The number of aromatic amines is 1. The fraction of sp³-hybridized carbons (Fsp3) is 0.357. The monoisotopic (exact) mass is 292 g/mol. The number of aryl methyl sites for hydroxylation is 1. The largest absolute Gasteiger partial charge is 0.281 e. The standard InChI is InChI=1S/C14H17BrN2/c1-9(2)8-11-4-6-12(7-5-11)14-13(15)10(3)16-17-14/h4-7,9H,8H2,1-3H3,(H,16,17). The molecule has 1 aromatic heterocycles. The summed E-state index contributed by atoms with van der Waals surface area (Å²) >= 11 is 3.55. The number of hydrogen-bond acceptors (Lipinski definition) is 1. The lowest BCUT2D eigenvalue weighted by atomic mass is 10.0. The smallest absolute Gasteiger partial charge is 0.107 e. The minimum absolute atomic E-state index is 0.695. The maximum atomic E-state index is 4.30. The molecule has 0 amide bonds. The summed E-state index contributed by atoms with van der Waals surface area (Å²) in [5.41, 5.74) is 4.57. The summed E-state index contributed by atoms with van der Waals surface area (Å²) in [4.78, 5) is 0. The van der Waals surface area contributed by atoms with E-state index >= 15 is 0 Å². The van der Waals surface area contributed by atoms with Gasteiger partial charge in [-0.2, -0.15) is 5.10 Å². The number of nitrogens with zero attached hydrogens (tertiary/aromatic N) is 1. The summed E-state index contributed by atoms with van der Waals surface area (Å²) in [6.45, 7) is 6.48. The Morgan fingerprint density at radius 2 is 1.88 bits per heavy atom. The molecule has 1 aromatic carbocycles. The zero-order chi connectivity index (χ0) is 12.4. The third kappa shape index (κ3) is 2.78. The summed E-state index contributed by atoms with van der Waals surface area (Å²) < 4.78 is 1.05. The van der Waals surface area contributed by atoms with Crippen LogP contribution in [-0.2, 0) is 6.42 Å². The van der Waals surface area contributed by atoms with Gasteiger partial charge in [-0.3, -0.25) is 5.10 Å². The van der Waals surface area contributed by atoms with E-state index in [1.165, 1.54) is 5.56 Å². The van der Waals surface area contributed by atoms with Crippen LogP contribution in [0.3, 0.4) is 0 Å². The zero-order valence-corrected chi connectivity index (χ0v) is 12.0. The Hall–Kier alpha value is -1.09. The fourth-order valence-corrected chi connectivity index (χ4v) is 2.28. The van der Waals surface area contributed by atoms with E-state index < -0.39 is 0 Å². The van der Waals surface area contributed by atoms with Gasteiger partial charge in [0.2, 0.25) is 0 Å². The van der Waals surface area contributed by atoms with Crippen molar-refractivity contribution in [1.29, 1.82) is 0 Å². The Balaban J connectivity index is 2.26. The van der Waals surface area contributed by atoms with Crippen LogP contribution in [0.2, 0.25) is 0 Å². The molecule has 0 unspecified atom stereocenters. The van der Waals surface area contributed by atoms with Crippen LogP contribution in [-0.4, -0.2) is 10.2 Å². The molecule has 2 aromatic rings.